The van der Waals surface area contributed by atoms with Crippen molar-refractivity contribution in [3.05, 3.63) is 72.5 Å². The van der Waals surface area contributed by atoms with Gasteiger partial charge >= 0.3 is 0 Å². The molecule has 4 aromatic rings. The number of likely N-dealkylation sites (N-methyl/N-ethyl adjacent to an activating group) is 1. The predicted octanol–water partition coefficient (Wildman–Crippen LogP) is 3.68. The van der Waals surface area contributed by atoms with E-state index in [1.165, 1.54) is 4.90 Å². The number of hydrogen-bond acceptors (Lipinski definition) is 5. The maximum Gasteiger partial charge on any atom is 0.264 e. The molecule has 0 saturated heterocycles. The SMILES string of the molecule is CN(C)C(=O)/C(C#N)=C/c1cccc(-c2cnc3[nH]cc(-c4cnccn4)c3c2)c1. The molecule has 0 saturated carbocycles. The number of carbonyl (C=O) groups is 1. The Morgan fingerprint density at radius 1 is 1.13 bits per heavy atom. The van der Waals surface area contributed by atoms with Gasteiger partial charge in [-0.15, -0.1) is 0 Å². The van der Waals surface area contributed by atoms with Gasteiger partial charge in [0.1, 0.15) is 17.3 Å². The summed E-state index contributed by atoms with van der Waals surface area (Å²) in [6.45, 7) is 0. The molecule has 7 heteroatoms. The lowest BCUT2D eigenvalue weighted by Gasteiger charge is -2.09. The minimum Gasteiger partial charge on any atom is -0.345 e. The number of benzene rings is 1. The zero-order valence-corrected chi connectivity index (χ0v) is 16.5. The van der Waals surface area contributed by atoms with E-state index in [4.69, 9.17) is 0 Å². The third-order valence-electron chi connectivity index (χ3n) is 4.66. The van der Waals surface area contributed by atoms with Crippen molar-refractivity contribution >= 4 is 23.0 Å². The molecule has 0 aliphatic carbocycles. The van der Waals surface area contributed by atoms with E-state index in [1.807, 2.05) is 42.6 Å². The number of aromatic amines is 1. The lowest BCUT2D eigenvalue weighted by atomic mass is 10.0. The second-order valence-electron chi connectivity index (χ2n) is 6.91. The maximum atomic E-state index is 12.1. The van der Waals surface area contributed by atoms with Crippen molar-refractivity contribution in [2.24, 2.45) is 0 Å². The summed E-state index contributed by atoms with van der Waals surface area (Å²) in [6.07, 6.45) is 10.3. The van der Waals surface area contributed by atoms with Gasteiger partial charge in [0.05, 0.1) is 11.9 Å². The molecule has 0 aliphatic rings. The number of pyridine rings is 1. The van der Waals surface area contributed by atoms with Crippen molar-refractivity contribution in [1.82, 2.24) is 24.8 Å². The molecule has 1 amide bonds. The number of rotatable bonds is 4. The molecule has 1 N–H and O–H groups in total. The van der Waals surface area contributed by atoms with E-state index in [2.05, 4.69) is 19.9 Å². The molecule has 0 bridgehead atoms. The highest BCUT2D eigenvalue weighted by Crippen LogP contribution is 2.30. The molecular weight excluding hydrogens is 376 g/mol. The van der Waals surface area contributed by atoms with Crippen LogP contribution in [0.1, 0.15) is 5.56 Å². The van der Waals surface area contributed by atoms with Crippen LogP contribution in [0.25, 0.3) is 39.5 Å². The number of amides is 1. The fraction of sp³-hybridized carbons (Fsp3) is 0.0870. The second kappa shape index (κ2) is 7.97. The fourth-order valence-electron chi connectivity index (χ4n) is 3.17. The molecule has 0 unspecified atom stereocenters. The molecule has 0 radical (unpaired) electrons. The first-order valence-corrected chi connectivity index (χ1v) is 9.24. The summed E-state index contributed by atoms with van der Waals surface area (Å²) in [7, 11) is 3.24. The van der Waals surface area contributed by atoms with Crippen LogP contribution in [0.15, 0.2) is 66.9 Å². The second-order valence-corrected chi connectivity index (χ2v) is 6.91. The Bertz CT molecular complexity index is 1300. The Kier molecular flexibility index (Phi) is 5.06. The van der Waals surface area contributed by atoms with Crippen molar-refractivity contribution in [3.8, 4) is 28.5 Å². The molecule has 1 aromatic carbocycles. The summed E-state index contributed by atoms with van der Waals surface area (Å²) in [5.74, 6) is -0.327. The highest BCUT2D eigenvalue weighted by molar-refractivity contribution is 6.01. The Morgan fingerprint density at radius 3 is 2.73 bits per heavy atom. The summed E-state index contributed by atoms with van der Waals surface area (Å²) < 4.78 is 0. The molecule has 4 rings (SSSR count). The van der Waals surface area contributed by atoms with E-state index in [-0.39, 0.29) is 11.5 Å². The zero-order valence-electron chi connectivity index (χ0n) is 16.5. The molecule has 3 heterocycles. The van der Waals surface area contributed by atoms with Crippen LogP contribution in [0.4, 0.5) is 0 Å². The Labute approximate surface area is 173 Å². The predicted molar refractivity (Wildman–Crippen MR) is 115 cm³/mol. The average molecular weight is 394 g/mol. The number of carbonyl (C=O) groups excluding carboxylic acids is 1. The van der Waals surface area contributed by atoms with Gasteiger partial charge in [-0.3, -0.25) is 14.8 Å². The standard InChI is InChI=1S/C23H18N6O/c1-29(2)23(30)17(11-24)9-15-4-3-5-16(8-15)18-10-19-20(13-28-22(19)27-12-18)21-14-25-6-7-26-21/h3-10,12-14H,1-2H3,(H,27,28)/b17-9+. The van der Waals surface area contributed by atoms with Crippen LogP contribution < -0.4 is 0 Å². The quantitative estimate of drug-likeness (QED) is 0.420. The zero-order chi connectivity index (χ0) is 21.1. The van der Waals surface area contributed by atoms with Gasteiger partial charge in [0, 0.05) is 55.4 Å². The summed E-state index contributed by atoms with van der Waals surface area (Å²) in [6, 6.07) is 11.7. The van der Waals surface area contributed by atoms with Gasteiger partial charge in [0.25, 0.3) is 5.91 Å². The van der Waals surface area contributed by atoms with E-state index in [0.717, 1.165) is 39.0 Å². The van der Waals surface area contributed by atoms with Gasteiger partial charge in [-0.25, -0.2) is 4.98 Å². The molecule has 30 heavy (non-hydrogen) atoms. The van der Waals surface area contributed by atoms with Crippen LogP contribution in [-0.2, 0) is 4.79 Å². The first-order chi connectivity index (χ1) is 14.6. The first kappa shape index (κ1) is 19.0. The van der Waals surface area contributed by atoms with Crippen molar-refractivity contribution < 1.29 is 4.79 Å². The number of fused-ring (bicyclic) bond motifs is 1. The van der Waals surface area contributed by atoms with E-state index in [1.54, 1.807) is 45.0 Å². The molecule has 0 spiro atoms. The smallest absolute Gasteiger partial charge is 0.264 e. The molecular formula is C23H18N6O. The largest absolute Gasteiger partial charge is 0.345 e. The summed E-state index contributed by atoms with van der Waals surface area (Å²) in [4.78, 5) is 29.7. The molecule has 7 nitrogen and oxygen atoms in total. The molecule has 0 fully saturated rings. The Hall–Kier alpha value is -4.31. The highest BCUT2D eigenvalue weighted by Gasteiger charge is 2.12. The van der Waals surface area contributed by atoms with Crippen LogP contribution in [0.5, 0.6) is 0 Å². The fourth-order valence-corrected chi connectivity index (χ4v) is 3.17. The van der Waals surface area contributed by atoms with Crippen molar-refractivity contribution in [3.63, 3.8) is 0 Å². The normalized spacial score (nSPS) is 11.3. The first-order valence-electron chi connectivity index (χ1n) is 9.24. The summed E-state index contributed by atoms with van der Waals surface area (Å²) in [5, 5.41) is 10.3. The third kappa shape index (κ3) is 3.66. The third-order valence-corrected chi connectivity index (χ3v) is 4.66. The van der Waals surface area contributed by atoms with Crippen LogP contribution in [-0.4, -0.2) is 44.8 Å². The van der Waals surface area contributed by atoms with Gasteiger partial charge in [-0.05, 0) is 29.3 Å². The van der Waals surface area contributed by atoms with E-state index < -0.39 is 0 Å². The minimum atomic E-state index is -0.327. The number of nitriles is 1. The van der Waals surface area contributed by atoms with Crippen LogP contribution in [0.3, 0.4) is 0 Å². The van der Waals surface area contributed by atoms with Crippen molar-refractivity contribution in [1.29, 1.82) is 5.26 Å². The maximum absolute atomic E-state index is 12.1. The van der Waals surface area contributed by atoms with E-state index >= 15 is 0 Å². The topological polar surface area (TPSA) is 98.6 Å². The van der Waals surface area contributed by atoms with Gasteiger partial charge < -0.3 is 9.88 Å². The van der Waals surface area contributed by atoms with Crippen LogP contribution >= 0.6 is 0 Å². The molecule has 0 atom stereocenters. The number of nitrogens with one attached hydrogen (secondary N) is 1. The number of aromatic nitrogens is 4. The number of nitrogens with zero attached hydrogens (tertiary/aromatic N) is 5. The van der Waals surface area contributed by atoms with E-state index in [0.29, 0.717) is 0 Å². The Morgan fingerprint density at radius 2 is 2.00 bits per heavy atom. The minimum absolute atomic E-state index is 0.0845. The molecule has 146 valence electrons. The number of hydrogen-bond donors (Lipinski definition) is 1. The van der Waals surface area contributed by atoms with Crippen molar-refractivity contribution in [2.75, 3.05) is 14.1 Å². The van der Waals surface area contributed by atoms with E-state index in [9.17, 15) is 10.1 Å². The Balaban J connectivity index is 1.76. The lowest BCUT2D eigenvalue weighted by Crippen LogP contribution is -2.22. The molecule has 3 aromatic heterocycles. The van der Waals surface area contributed by atoms with Gasteiger partial charge in [-0.1, -0.05) is 18.2 Å². The summed E-state index contributed by atoms with van der Waals surface area (Å²) >= 11 is 0. The van der Waals surface area contributed by atoms with Crippen molar-refractivity contribution in [2.45, 2.75) is 0 Å². The summed E-state index contributed by atoms with van der Waals surface area (Å²) in [5.41, 5.74) is 5.15. The van der Waals surface area contributed by atoms with Crippen LogP contribution in [0, 0.1) is 11.3 Å². The highest BCUT2D eigenvalue weighted by atomic mass is 16.2. The van der Waals surface area contributed by atoms with Gasteiger partial charge in [-0.2, -0.15) is 5.26 Å². The monoisotopic (exact) mass is 394 g/mol. The van der Waals surface area contributed by atoms with Gasteiger partial charge in [0.2, 0.25) is 0 Å². The lowest BCUT2D eigenvalue weighted by molar-refractivity contribution is -0.124. The van der Waals surface area contributed by atoms with Gasteiger partial charge in [0.15, 0.2) is 0 Å². The number of H-pyrrole nitrogens is 1. The van der Waals surface area contributed by atoms with Crippen LogP contribution in [0.2, 0.25) is 0 Å². The average Bonchev–Trinajstić information content (AvgIpc) is 3.21. The molecule has 0 aliphatic heterocycles.